The largest absolute Gasteiger partial charge is 0.481 e. The van der Waals surface area contributed by atoms with Crippen molar-refractivity contribution in [2.75, 3.05) is 6.54 Å². The summed E-state index contributed by atoms with van der Waals surface area (Å²) < 4.78 is 0. The predicted molar refractivity (Wildman–Crippen MR) is 87.5 cm³/mol. The molecule has 1 rings (SSSR count). The topological polar surface area (TPSA) is 101 Å². The number of carboxylic acids is 1. The number of hydrogen-bond donors (Lipinski definition) is 1. The molecular weight excluding hydrogens is 320 g/mol. The zero-order chi connectivity index (χ0) is 17.6. The van der Waals surface area contributed by atoms with Crippen LogP contribution in [0, 0.1) is 10.1 Å². The second-order valence-electron chi connectivity index (χ2n) is 5.28. The number of aliphatic carboxylic acids is 1. The van der Waals surface area contributed by atoms with Crippen LogP contribution in [-0.4, -0.2) is 44.6 Å². The number of nitrogens with zero attached hydrogens (tertiary/aromatic N) is 2. The first kappa shape index (κ1) is 19.0. The Morgan fingerprint density at radius 2 is 1.83 bits per heavy atom. The van der Waals surface area contributed by atoms with Gasteiger partial charge in [0.2, 0.25) is 5.91 Å². The average Bonchev–Trinajstić information content (AvgIpc) is 2.47. The Bertz CT molecular complexity index is 574. The highest BCUT2D eigenvalue weighted by Crippen LogP contribution is 2.26. The smallest absolute Gasteiger partial charge is 0.305 e. The number of carbonyl (C=O) groups excluding carboxylic acids is 1. The Balaban J connectivity index is 2.73. The molecule has 1 aromatic rings. The number of rotatable bonds is 8. The lowest BCUT2D eigenvalue weighted by Crippen LogP contribution is -2.42. The molecule has 0 aliphatic rings. The Labute approximate surface area is 138 Å². The van der Waals surface area contributed by atoms with Gasteiger partial charge in [-0.15, -0.1) is 11.8 Å². The van der Waals surface area contributed by atoms with Crippen LogP contribution in [-0.2, 0) is 9.59 Å². The van der Waals surface area contributed by atoms with Crippen molar-refractivity contribution in [3.63, 3.8) is 0 Å². The molecule has 1 unspecified atom stereocenters. The van der Waals surface area contributed by atoms with Gasteiger partial charge in [-0.2, -0.15) is 0 Å². The minimum Gasteiger partial charge on any atom is -0.481 e. The maximum Gasteiger partial charge on any atom is 0.305 e. The van der Waals surface area contributed by atoms with E-state index in [0.717, 1.165) is 4.90 Å². The van der Waals surface area contributed by atoms with Gasteiger partial charge in [-0.3, -0.25) is 19.7 Å². The van der Waals surface area contributed by atoms with E-state index in [1.807, 2.05) is 13.8 Å². The van der Waals surface area contributed by atoms with Crippen LogP contribution in [0.4, 0.5) is 5.69 Å². The molecule has 0 aromatic heterocycles. The van der Waals surface area contributed by atoms with E-state index < -0.39 is 16.1 Å². The van der Waals surface area contributed by atoms with Crippen molar-refractivity contribution >= 4 is 29.3 Å². The highest BCUT2D eigenvalue weighted by atomic mass is 32.2. The van der Waals surface area contributed by atoms with Crippen molar-refractivity contribution in [2.24, 2.45) is 0 Å². The van der Waals surface area contributed by atoms with Crippen molar-refractivity contribution in [3.05, 3.63) is 34.4 Å². The highest BCUT2D eigenvalue weighted by Gasteiger charge is 2.24. The molecule has 0 spiro atoms. The molecule has 0 radical (unpaired) electrons. The summed E-state index contributed by atoms with van der Waals surface area (Å²) in [7, 11) is 0. The van der Waals surface area contributed by atoms with Crippen LogP contribution in [0.3, 0.4) is 0 Å². The van der Waals surface area contributed by atoms with Gasteiger partial charge >= 0.3 is 5.97 Å². The monoisotopic (exact) mass is 340 g/mol. The molecule has 23 heavy (non-hydrogen) atoms. The summed E-state index contributed by atoms with van der Waals surface area (Å²) in [4.78, 5) is 35.6. The normalized spacial score (nSPS) is 12.0. The Morgan fingerprint density at radius 3 is 2.26 bits per heavy atom. The lowest BCUT2D eigenvalue weighted by atomic mass is 10.2. The first-order valence-electron chi connectivity index (χ1n) is 7.15. The van der Waals surface area contributed by atoms with Gasteiger partial charge in [-0.25, -0.2) is 0 Å². The van der Waals surface area contributed by atoms with Crippen LogP contribution in [0.5, 0.6) is 0 Å². The number of nitro groups is 1. The average molecular weight is 340 g/mol. The van der Waals surface area contributed by atoms with Crippen LogP contribution in [0.25, 0.3) is 0 Å². The molecule has 0 heterocycles. The second kappa shape index (κ2) is 8.52. The Morgan fingerprint density at radius 1 is 1.26 bits per heavy atom. The Hall–Kier alpha value is -2.09. The van der Waals surface area contributed by atoms with E-state index in [0.29, 0.717) is 0 Å². The van der Waals surface area contributed by atoms with E-state index in [2.05, 4.69) is 0 Å². The molecule has 0 fully saturated rings. The summed E-state index contributed by atoms with van der Waals surface area (Å²) in [6.45, 7) is 5.58. The molecule has 0 saturated heterocycles. The van der Waals surface area contributed by atoms with E-state index in [1.54, 1.807) is 19.1 Å². The van der Waals surface area contributed by atoms with E-state index in [-0.39, 0.29) is 30.6 Å². The van der Waals surface area contributed by atoms with E-state index >= 15 is 0 Å². The highest BCUT2D eigenvalue weighted by molar-refractivity contribution is 8.00. The maximum absolute atomic E-state index is 12.5. The molecular formula is C15H20N2O5S. The van der Waals surface area contributed by atoms with Crippen molar-refractivity contribution in [3.8, 4) is 0 Å². The lowest BCUT2D eigenvalue weighted by Gasteiger charge is -2.28. The molecule has 0 bridgehead atoms. The number of benzene rings is 1. The summed E-state index contributed by atoms with van der Waals surface area (Å²) >= 11 is 1.29. The zero-order valence-corrected chi connectivity index (χ0v) is 14.1. The third-order valence-electron chi connectivity index (χ3n) is 3.18. The standard InChI is InChI=1S/C15H20N2O5S/c1-10(2)16(9-8-14(18)19)15(20)11(3)23-13-6-4-12(5-7-13)17(21)22/h4-7,10-11H,8-9H2,1-3H3,(H,18,19). The van der Waals surface area contributed by atoms with E-state index in [1.165, 1.54) is 28.8 Å². The van der Waals surface area contributed by atoms with Gasteiger partial charge in [0.25, 0.3) is 5.69 Å². The first-order chi connectivity index (χ1) is 10.7. The number of carboxylic acid groups (broad SMARTS) is 1. The number of thioether (sulfide) groups is 1. The predicted octanol–water partition coefficient (Wildman–Crippen LogP) is 2.79. The fraction of sp³-hybridized carbons (Fsp3) is 0.467. The molecule has 1 N–H and O–H groups in total. The quantitative estimate of drug-likeness (QED) is 0.444. The zero-order valence-electron chi connectivity index (χ0n) is 13.3. The van der Waals surface area contributed by atoms with E-state index in [4.69, 9.17) is 5.11 Å². The van der Waals surface area contributed by atoms with Gasteiger partial charge in [-0.05, 0) is 32.9 Å². The van der Waals surface area contributed by atoms with Crippen LogP contribution in [0.2, 0.25) is 0 Å². The van der Waals surface area contributed by atoms with Crippen molar-refractivity contribution in [2.45, 2.75) is 43.4 Å². The lowest BCUT2D eigenvalue weighted by molar-refractivity contribution is -0.384. The molecule has 1 atom stereocenters. The molecule has 7 nitrogen and oxygen atoms in total. The number of nitro benzene ring substituents is 1. The van der Waals surface area contributed by atoms with Crippen molar-refractivity contribution < 1.29 is 19.6 Å². The van der Waals surface area contributed by atoms with Gasteiger partial charge in [-0.1, -0.05) is 0 Å². The molecule has 0 saturated carbocycles. The number of carbonyl (C=O) groups is 2. The fourth-order valence-electron chi connectivity index (χ4n) is 1.97. The number of amides is 1. The molecule has 0 aliphatic heterocycles. The van der Waals surface area contributed by atoms with Crippen molar-refractivity contribution in [1.29, 1.82) is 0 Å². The van der Waals surface area contributed by atoms with Gasteiger partial charge < -0.3 is 10.0 Å². The van der Waals surface area contributed by atoms with Gasteiger partial charge in [0.1, 0.15) is 0 Å². The maximum atomic E-state index is 12.5. The molecule has 126 valence electrons. The third-order valence-corrected chi connectivity index (χ3v) is 4.28. The van der Waals surface area contributed by atoms with Gasteiger partial charge in [0.05, 0.1) is 16.6 Å². The molecule has 0 aliphatic carbocycles. The Kier molecular flexibility index (Phi) is 7.02. The van der Waals surface area contributed by atoms with Crippen LogP contribution >= 0.6 is 11.8 Å². The summed E-state index contributed by atoms with van der Waals surface area (Å²) in [6, 6.07) is 5.89. The second-order valence-corrected chi connectivity index (χ2v) is 6.69. The minimum absolute atomic E-state index is 0.00130. The molecule has 1 amide bonds. The summed E-state index contributed by atoms with van der Waals surface area (Å²) in [5, 5.41) is 19.0. The van der Waals surface area contributed by atoms with E-state index in [9.17, 15) is 19.7 Å². The van der Waals surface area contributed by atoms with Crippen LogP contribution in [0.15, 0.2) is 29.2 Å². The third kappa shape index (κ3) is 5.90. The van der Waals surface area contributed by atoms with Crippen LogP contribution < -0.4 is 0 Å². The molecule has 8 heteroatoms. The first-order valence-corrected chi connectivity index (χ1v) is 8.03. The summed E-state index contributed by atoms with van der Waals surface area (Å²) in [5.74, 6) is -1.09. The SMILES string of the molecule is CC(Sc1ccc([N+](=O)[O-])cc1)C(=O)N(CCC(=O)O)C(C)C. The number of hydrogen-bond acceptors (Lipinski definition) is 5. The molecule has 1 aromatic carbocycles. The minimum atomic E-state index is -0.945. The summed E-state index contributed by atoms with van der Waals surface area (Å²) in [5.41, 5.74) is -0.00130. The van der Waals surface area contributed by atoms with Crippen LogP contribution in [0.1, 0.15) is 27.2 Å². The summed E-state index contributed by atoms with van der Waals surface area (Å²) in [6.07, 6.45) is -0.0984. The number of non-ortho nitro benzene ring substituents is 1. The fourth-order valence-corrected chi connectivity index (χ4v) is 2.91. The van der Waals surface area contributed by atoms with Gasteiger partial charge in [0.15, 0.2) is 0 Å². The van der Waals surface area contributed by atoms with Gasteiger partial charge in [0, 0.05) is 29.6 Å². The van der Waals surface area contributed by atoms with Crippen molar-refractivity contribution in [1.82, 2.24) is 4.90 Å².